The monoisotopic (exact) mass is 506 g/mol. The number of oxazole rings is 1. The molecule has 0 radical (unpaired) electrons. The van der Waals surface area contributed by atoms with Crippen LogP contribution in [0.1, 0.15) is 25.8 Å². The number of para-hydroxylation sites is 2. The summed E-state index contributed by atoms with van der Waals surface area (Å²) in [4.78, 5) is 34.8. The number of guanidine groups is 1. The van der Waals surface area contributed by atoms with Crippen molar-refractivity contribution in [3.05, 3.63) is 64.3 Å². The second-order valence-corrected chi connectivity index (χ2v) is 10.3. The third kappa shape index (κ3) is 3.02. The summed E-state index contributed by atoms with van der Waals surface area (Å²) < 4.78 is 6.64. The zero-order valence-electron chi connectivity index (χ0n) is 18.0. The van der Waals surface area contributed by atoms with Crippen molar-refractivity contribution in [2.75, 3.05) is 10.6 Å². The molecule has 0 saturated carbocycles. The number of anilines is 2. The van der Waals surface area contributed by atoms with Crippen molar-refractivity contribution < 1.29 is 19.0 Å². The van der Waals surface area contributed by atoms with Gasteiger partial charge >= 0.3 is 12.0 Å². The number of rotatable bonds is 1. The standard InChI is InChI=1S/C24H20BrN5O3/c1-23(2)10-16-19(17(31)11-23)24(13-9-12(25)7-8-14(13)26-20(24)32)30-21(27-16)29-22-28-15-5-3-4-6-18(15)33-22/h3-10,19H,11H2,1-2H3,(H,26,32)(H2,27,28,29,30)/p+1/t19-,24-/m0/s1. The molecule has 2 aliphatic heterocycles. The average molecular weight is 507 g/mol. The topological polar surface area (TPSA) is 110 Å². The summed E-state index contributed by atoms with van der Waals surface area (Å²) in [5.41, 5.74) is 1.77. The largest absolute Gasteiger partial charge is 0.412 e. The fourth-order valence-electron chi connectivity index (χ4n) is 5.11. The molecule has 4 N–H and O–H groups in total. The summed E-state index contributed by atoms with van der Waals surface area (Å²) in [6, 6.07) is 13.3. The van der Waals surface area contributed by atoms with E-state index < -0.39 is 11.5 Å². The molecule has 6 rings (SSSR count). The fourth-order valence-corrected chi connectivity index (χ4v) is 5.47. The van der Waals surface area contributed by atoms with E-state index in [2.05, 4.69) is 41.9 Å². The smallest absolute Gasteiger partial charge is 0.365 e. The van der Waals surface area contributed by atoms with Gasteiger partial charge in [0.1, 0.15) is 17.2 Å². The normalized spacial score (nSPS) is 25.1. The average Bonchev–Trinajstić information content (AvgIpc) is 3.25. The molecular formula is C24H21BrN5O3+. The molecule has 3 heterocycles. The Hall–Kier alpha value is -3.46. The van der Waals surface area contributed by atoms with Crippen LogP contribution in [0.5, 0.6) is 0 Å². The molecule has 1 spiro atoms. The molecule has 166 valence electrons. The third-order valence-electron chi connectivity index (χ3n) is 6.37. The molecule has 1 amide bonds. The molecule has 0 saturated heterocycles. The number of nitrogens with one attached hydrogen (secondary N) is 4. The highest BCUT2D eigenvalue weighted by Gasteiger charge is 2.62. The van der Waals surface area contributed by atoms with Gasteiger partial charge < -0.3 is 9.73 Å². The van der Waals surface area contributed by atoms with Crippen LogP contribution in [0.3, 0.4) is 0 Å². The Kier molecular flexibility index (Phi) is 4.14. The lowest BCUT2D eigenvalue weighted by molar-refractivity contribution is -0.555. The minimum absolute atomic E-state index is 0.00128. The van der Waals surface area contributed by atoms with Gasteiger partial charge in [0.2, 0.25) is 5.54 Å². The van der Waals surface area contributed by atoms with Crippen LogP contribution in [0, 0.1) is 11.3 Å². The van der Waals surface area contributed by atoms with Gasteiger partial charge in [-0.2, -0.15) is 10.3 Å². The first kappa shape index (κ1) is 20.2. The van der Waals surface area contributed by atoms with E-state index in [9.17, 15) is 9.59 Å². The van der Waals surface area contributed by atoms with Gasteiger partial charge in [0.15, 0.2) is 5.58 Å². The number of amides is 1. The Bertz CT molecular complexity index is 1390. The molecule has 8 nitrogen and oxygen atoms in total. The van der Waals surface area contributed by atoms with E-state index in [4.69, 9.17) is 4.42 Å². The number of fused-ring (bicyclic) bond motifs is 5. The van der Waals surface area contributed by atoms with Crippen molar-refractivity contribution >= 4 is 56.4 Å². The number of carbonyl (C=O) groups excluding carboxylic acids is 2. The predicted molar refractivity (Wildman–Crippen MR) is 126 cm³/mol. The number of Topliss-reactive ketones (excluding diaryl/α,β-unsaturated/α-hetero) is 1. The molecule has 2 aromatic carbocycles. The molecule has 33 heavy (non-hydrogen) atoms. The lowest BCUT2D eigenvalue weighted by Gasteiger charge is -2.40. The molecule has 9 heteroatoms. The Labute approximate surface area is 197 Å². The van der Waals surface area contributed by atoms with Crippen LogP contribution in [0.4, 0.5) is 11.7 Å². The number of allylic oxidation sites excluding steroid dienone is 1. The number of ketones is 1. The maximum atomic E-state index is 13.5. The van der Waals surface area contributed by atoms with Crippen molar-refractivity contribution in [3.63, 3.8) is 0 Å². The van der Waals surface area contributed by atoms with Crippen LogP contribution in [-0.2, 0) is 15.1 Å². The second-order valence-electron chi connectivity index (χ2n) is 9.35. The van der Waals surface area contributed by atoms with Crippen LogP contribution < -0.4 is 20.9 Å². The number of halogens is 1. The van der Waals surface area contributed by atoms with E-state index in [1.165, 1.54) is 0 Å². The second kappa shape index (κ2) is 6.77. The van der Waals surface area contributed by atoms with Gasteiger partial charge in [-0.1, -0.05) is 41.9 Å². The van der Waals surface area contributed by atoms with E-state index in [1.807, 2.05) is 62.4 Å². The number of benzene rings is 2. The van der Waals surface area contributed by atoms with Gasteiger partial charge in [0, 0.05) is 22.1 Å². The van der Waals surface area contributed by atoms with Crippen LogP contribution >= 0.6 is 15.9 Å². The maximum absolute atomic E-state index is 13.5. The SMILES string of the molecule is CC1(C)C=C2NC(Nc3nc4ccccc4o3)=[NH+][C@]3(C(=O)Nc4ccc(Br)cc43)[C@@H]2C(=O)C1. The van der Waals surface area contributed by atoms with Crippen LogP contribution in [-0.4, -0.2) is 22.6 Å². The molecule has 1 aliphatic carbocycles. The Balaban J connectivity index is 1.54. The van der Waals surface area contributed by atoms with Crippen LogP contribution in [0.15, 0.2) is 63.1 Å². The van der Waals surface area contributed by atoms with Gasteiger partial charge in [-0.05, 0) is 41.8 Å². The van der Waals surface area contributed by atoms with Gasteiger partial charge in [-0.25, -0.2) is 5.32 Å². The van der Waals surface area contributed by atoms with E-state index >= 15 is 0 Å². The first-order valence-corrected chi connectivity index (χ1v) is 11.5. The number of carbonyl (C=O) groups is 2. The van der Waals surface area contributed by atoms with E-state index in [0.717, 1.165) is 4.47 Å². The van der Waals surface area contributed by atoms with Crippen LogP contribution in [0.25, 0.3) is 11.1 Å². The van der Waals surface area contributed by atoms with E-state index in [0.29, 0.717) is 40.4 Å². The molecular weight excluding hydrogens is 486 g/mol. The minimum atomic E-state index is -1.31. The zero-order chi connectivity index (χ0) is 23.0. The lowest BCUT2D eigenvalue weighted by atomic mass is 9.66. The van der Waals surface area contributed by atoms with Gasteiger partial charge in [0.05, 0.1) is 5.70 Å². The van der Waals surface area contributed by atoms with Crippen molar-refractivity contribution in [1.29, 1.82) is 0 Å². The summed E-state index contributed by atoms with van der Waals surface area (Å²) >= 11 is 3.52. The molecule has 0 fully saturated rings. The highest BCUT2D eigenvalue weighted by atomic mass is 79.9. The summed E-state index contributed by atoms with van der Waals surface area (Å²) in [6.45, 7) is 4.02. The zero-order valence-corrected chi connectivity index (χ0v) is 19.5. The number of aromatic nitrogens is 1. The first-order chi connectivity index (χ1) is 15.7. The van der Waals surface area contributed by atoms with E-state index in [1.54, 1.807) is 0 Å². The fraction of sp³-hybridized carbons (Fsp3) is 0.250. The Morgan fingerprint density at radius 1 is 1.18 bits per heavy atom. The summed E-state index contributed by atoms with van der Waals surface area (Å²) in [7, 11) is 0. The van der Waals surface area contributed by atoms with Crippen molar-refractivity contribution in [1.82, 2.24) is 10.3 Å². The van der Waals surface area contributed by atoms with Crippen LogP contribution in [0.2, 0.25) is 0 Å². The van der Waals surface area contributed by atoms with Gasteiger partial charge in [-0.3, -0.25) is 14.6 Å². The number of hydrogen-bond donors (Lipinski definition) is 4. The Morgan fingerprint density at radius 2 is 2.00 bits per heavy atom. The van der Waals surface area contributed by atoms with Gasteiger partial charge in [-0.15, -0.1) is 0 Å². The van der Waals surface area contributed by atoms with Gasteiger partial charge in [0.25, 0.3) is 5.91 Å². The predicted octanol–water partition coefficient (Wildman–Crippen LogP) is 2.39. The molecule has 0 unspecified atom stereocenters. The van der Waals surface area contributed by atoms with Crippen molar-refractivity contribution in [2.45, 2.75) is 25.8 Å². The molecule has 2 atom stereocenters. The number of nitrogens with zero attached hydrogens (tertiary/aromatic N) is 1. The maximum Gasteiger partial charge on any atom is 0.365 e. The molecule has 1 aromatic heterocycles. The quantitative estimate of drug-likeness (QED) is 0.403. The Morgan fingerprint density at radius 3 is 2.82 bits per heavy atom. The van der Waals surface area contributed by atoms with E-state index in [-0.39, 0.29) is 23.1 Å². The molecule has 3 aromatic rings. The van der Waals surface area contributed by atoms with Crippen molar-refractivity contribution in [3.8, 4) is 0 Å². The lowest BCUT2D eigenvalue weighted by Crippen LogP contribution is -2.95. The minimum Gasteiger partial charge on any atom is -0.412 e. The summed E-state index contributed by atoms with van der Waals surface area (Å²) in [5, 5.41) is 9.39. The summed E-state index contributed by atoms with van der Waals surface area (Å²) in [6.07, 6.45) is 2.38. The number of hydrogen-bond acceptors (Lipinski definition) is 6. The van der Waals surface area contributed by atoms with Crippen molar-refractivity contribution in [2.24, 2.45) is 11.3 Å². The summed E-state index contributed by atoms with van der Waals surface area (Å²) in [5.74, 6) is -0.563. The molecule has 3 aliphatic rings. The molecule has 0 bridgehead atoms. The third-order valence-corrected chi connectivity index (χ3v) is 6.87. The first-order valence-electron chi connectivity index (χ1n) is 10.7. The highest BCUT2D eigenvalue weighted by Crippen LogP contribution is 2.46. The highest BCUT2D eigenvalue weighted by molar-refractivity contribution is 9.10.